The van der Waals surface area contributed by atoms with Crippen LogP contribution in [0.5, 0.6) is 0 Å². The number of rotatable bonds is 4. The number of aliphatic hydroxyl groups is 1. The first-order valence-corrected chi connectivity index (χ1v) is 7.02. The van der Waals surface area contributed by atoms with Gasteiger partial charge in [-0.2, -0.15) is 0 Å². The molecule has 1 unspecified atom stereocenters. The summed E-state index contributed by atoms with van der Waals surface area (Å²) in [5.74, 6) is -1.13. The number of hydrogen-bond acceptors (Lipinski definition) is 2. The van der Waals surface area contributed by atoms with E-state index in [4.69, 9.17) is 5.11 Å². The van der Waals surface area contributed by atoms with Gasteiger partial charge < -0.3 is 10.0 Å². The maximum Gasteiger partial charge on any atom is 0.149 e. The molecule has 1 aromatic rings. The van der Waals surface area contributed by atoms with Gasteiger partial charge in [-0.25, -0.2) is 8.78 Å². The monoisotopic (exact) mass is 269 g/mol. The van der Waals surface area contributed by atoms with Crippen LogP contribution in [0.25, 0.3) is 0 Å². The molecule has 1 N–H and O–H groups in total. The molecular formula is C15H21F2NO. The summed E-state index contributed by atoms with van der Waals surface area (Å²) in [7, 11) is 0. The summed E-state index contributed by atoms with van der Waals surface area (Å²) in [6.07, 6.45) is 5.06. The molecule has 0 saturated carbocycles. The van der Waals surface area contributed by atoms with Crippen molar-refractivity contribution in [1.29, 1.82) is 0 Å². The van der Waals surface area contributed by atoms with Crippen LogP contribution in [0.4, 0.5) is 14.5 Å². The molecule has 2 nitrogen and oxygen atoms in total. The summed E-state index contributed by atoms with van der Waals surface area (Å²) < 4.78 is 28.2. The van der Waals surface area contributed by atoms with Crippen LogP contribution in [0.1, 0.15) is 44.6 Å². The largest absolute Gasteiger partial charge is 0.392 e. The second kappa shape index (κ2) is 6.33. The van der Waals surface area contributed by atoms with E-state index in [9.17, 15) is 8.78 Å². The Balaban J connectivity index is 2.33. The van der Waals surface area contributed by atoms with Gasteiger partial charge in [-0.15, -0.1) is 0 Å². The highest BCUT2D eigenvalue weighted by Gasteiger charge is 2.26. The maximum atomic E-state index is 14.1. The van der Waals surface area contributed by atoms with Crippen molar-refractivity contribution in [2.75, 3.05) is 11.4 Å². The zero-order valence-electron chi connectivity index (χ0n) is 11.3. The van der Waals surface area contributed by atoms with E-state index in [-0.39, 0.29) is 23.9 Å². The van der Waals surface area contributed by atoms with Gasteiger partial charge in [-0.3, -0.25) is 0 Å². The summed E-state index contributed by atoms with van der Waals surface area (Å²) in [5.41, 5.74) is 0.359. The lowest BCUT2D eigenvalue weighted by molar-refractivity contribution is 0.280. The SMILES string of the molecule is CCCC1CCCCN1c1c(F)cc(CO)cc1F. The molecule has 0 aliphatic carbocycles. The minimum Gasteiger partial charge on any atom is -0.392 e. The molecule has 0 spiro atoms. The van der Waals surface area contributed by atoms with Crippen LogP contribution >= 0.6 is 0 Å². The molecule has 1 fully saturated rings. The molecule has 19 heavy (non-hydrogen) atoms. The molecule has 4 heteroatoms. The van der Waals surface area contributed by atoms with E-state index in [1.165, 1.54) is 12.1 Å². The Morgan fingerprint density at radius 2 is 1.95 bits per heavy atom. The fourth-order valence-electron chi connectivity index (χ4n) is 2.91. The summed E-state index contributed by atoms with van der Waals surface area (Å²) in [5, 5.41) is 8.98. The summed E-state index contributed by atoms with van der Waals surface area (Å²) in [6.45, 7) is 2.46. The minimum atomic E-state index is -0.563. The number of nitrogens with zero attached hydrogens (tertiary/aromatic N) is 1. The molecule has 0 bridgehead atoms. The molecule has 106 valence electrons. The molecule has 0 radical (unpaired) electrons. The van der Waals surface area contributed by atoms with E-state index in [0.29, 0.717) is 6.54 Å². The lowest BCUT2D eigenvalue weighted by atomic mass is 9.97. The first-order valence-electron chi connectivity index (χ1n) is 7.02. The van der Waals surface area contributed by atoms with Gasteiger partial charge in [0.05, 0.1) is 6.61 Å². The Morgan fingerprint density at radius 3 is 2.53 bits per heavy atom. The van der Waals surface area contributed by atoms with Crippen molar-refractivity contribution in [2.24, 2.45) is 0 Å². The standard InChI is InChI=1S/C15H21F2NO/c1-2-5-12-6-3-4-7-18(12)15-13(16)8-11(10-19)9-14(15)17/h8-9,12,19H,2-7,10H2,1H3. The Kier molecular flexibility index (Phi) is 4.75. The first kappa shape index (κ1) is 14.3. The van der Waals surface area contributed by atoms with Crippen molar-refractivity contribution in [2.45, 2.75) is 51.7 Å². The predicted octanol–water partition coefficient (Wildman–Crippen LogP) is 3.62. The maximum absolute atomic E-state index is 14.1. The Bertz CT molecular complexity index is 411. The van der Waals surface area contributed by atoms with E-state index in [2.05, 4.69) is 6.92 Å². The van der Waals surface area contributed by atoms with Crippen molar-refractivity contribution in [1.82, 2.24) is 0 Å². The van der Waals surface area contributed by atoms with Crippen LogP contribution in [-0.2, 0) is 6.61 Å². The number of aliphatic hydroxyl groups excluding tert-OH is 1. The van der Waals surface area contributed by atoms with Crippen LogP contribution in [0, 0.1) is 11.6 Å². The molecule has 1 aromatic carbocycles. The van der Waals surface area contributed by atoms with Crippen molar-refractivity contribution in [3.05, 3.63) is 29.3 Å². The molecule has 0 amide bonds. The summed E-state index contributed by atoms with van der Waals surface area (Å²) in [4.78, 5) is 1.87. The minimum absolute atomic E-state index is 0.0790. The Morgan fingerprint density at radius 1 is 1.26 bits per heavy atom. The third kappa shape index (κ3) is 3.06. The molecule has 0 aromatic heterocycles. The van der Waals surface area contributed by atoms with Gasteiger partial charge >= 0.3 is 0 Å². The number of benzene rings is 1. The van der Waals surface area contributed by atoms with Crippen LogP contribution in [0.15, 0.2) is 12.1 Å². The molecule has 1 saturated heterocycles. The van der Waals surface area contributed by atoms with E-state index in [0.717, 1.165) is 32.1 Å². The third-order valence-corrected chi connectivity index (χ3v) is 3.80. The highest BCUT2D eigenvalue weighted by atomic mass is 19.1. The Labute approximate surface area is 113 Å². The van der Waals surface area contributed by atoms with Crippen LogP contribution in [-0.4, -0.2) is 17.7 Å². The lowest BCUT2D eigenvalue weighted by Crippen LogP contribution is -2.40. The lowest BCUT2D eigenvalue weighted by Gasteiger charge is -2.38. The van der Waals surface area contributed by atoms with E-state index in [1.807, 2.05) is 4.90 Å². The van der Waals surface area contributed by atoms with Gasteiger partial charge in [0.15, 0.2) is 0 Å². The van der Waals surface area contributed by atoms with Gasteiger partial charge in [0, 0.05) is 12.6 Å². The molecule has 1 atom stereocenters. The summed E-state index contributed by atoms with van der Waals surface area (Å²) in [6, 6.07) is 2.69. The normalized spacial score (nSPS) is 19.8. The fourth-order valence-corrected chi connectivity index (χ4v) is 2.91. The van der Waals surface area contributed by atoms with Gasteiger partial charge in [0.2, 0.25) is 0 Å². The molecular weight excluding hydrogens is 248 g/mol. The van der Waals surface area contributed by atoms with Gasteiger partial charge in [-0.05, 0) is 43.4 Å². The van der Waals surface area contributed by atoms with Gasteiger partial charge in [-0.1, -0.05) is 13.3 Å². The molecule has 1 aliphatic heterocycles. The predicted molar refractivity (Wildman–Crippen MR) is 72.2 cm³/mol. The zero-order valence-corrected chi connectivity index (χ0v) is 11.3. The van der Waals surface area contributed by atoms with E-state index < -0.39 is 11.6 Å². The van der Waals surface area contributed by atoms with E-state index in [1.54, 1.807) is 0 Å². The number of piperidine rings is 1. The Hall–Kier alpha value is -1.16. The van der Waals surface area contributed by atoms with E-state index >= 15 is 0 Å². The van der Waals surface area contributed by atoms with Crippen LogP contribution in [0.2, 0.25) is 0 Å². The first-order chi connectivity index (χ1) is 9.17. The quantitative estimate of drug-likeness (QED) is 0.902. The third-order valence-electron chi connectivity index (χ3n) is 3.80. The highest BCUT2D eigenvalue weighted by Crippen LogP contribution is 2.32. The average molecular weight is 269 g/mol. The highest BCUT2D eigenvalue weighted by molar-refractivity contribution is 5.52. The van der Waals surface area contributed by atoms with Crippen molar-refractivity contribution in [3.8, 4) is 0 Å². The van der Waals surface area contributed by atoms with Crippen molar-refractivity contribution >= 4 is 5.69 Å². The summed E-state index contributed by atoms with van der Waals surface area (Å²) >= 11 is 0. The average Bonchev–Trinajstić information content (AvgIpc) is 2.40. The topological polar surface area (TPSA) is 23.5 Å². The number of hydrogen-bond donors (Lipinski definition) is 1. The molecule has 1 aliphatic rings. The zero-order chi connectivity index (χ0) is 13.8. The second-order valence-corrected chi connectivity index (χ2v) is 5.20. The smallest absolute Gasteiger partial charge is 0.149 e. The fraction of sp³-hybridized carbons (Fsp3) is 0.600. The molecule has 1 heterocycles. The number of halogens is 2. The molecule has 2 rings (SSSR count). The van der Waals surface area contributed by atoms with Crippen molar-refractivity contribution < 1.29 is 13.9 Å². The van der Waals surface area contributed by atoms with Gasteiger partial charge in [0.1, 0.15) is 17.3 Å². The van der Waals surface area contributed by atoms with Crippen LogP contribution < -0.4 is 4.90 Å². The number of anilines is 1. The van der Waals surface area contributed by atoms with Crippen LogP contribution in [0.3, 0.4) is 0 Å². The van der Waals surface area contributed by atoms with Gasteiger partial charge in [0.25, 0.3) is 0 Å². The second-order valence-electron chi connectivity index (χ2n) is 5.20. The van der Waals surface area contributed by atoms with Crippen molar-refractivity contribution in [3.63, 3.8) is 0 Å².